The van der Waals surface area contributed by atoms with Crippen LogP contribution in [-0.2, 0) is 6.18 Å². The highest BCUT2D eigenvalue weighted by Crippen LogP contribution is 2.39. The van der Waals surface area contributed by atoms with Crippen LogP contribution >= 0.6 is 0 Å². The second-order valence-corrected chi connectivity index (χ2v) is 7.00. The summed E-state index contributed by atoms with van der Waals surface area (Å²) in [4.78, 5) is 17.4. The molecule has 1 aliphatic heterocycles. The van der Waals surface area contributed by atoms with Crippen LogP contribution in [0.25, 0.3) is 0 Å². The van der Waals surface area contributed by atoms with E-state index in [0.29, 0.717) is 12.5 Å². The van der Waals surface area contributed by atoms with E-state index in [1.54, 1.807) is 0 Å². The molecule has 0 spiro atoms. The van der Waals surface area contributed by atoms with Gasteiger partial charge in [-0.3, -0.25) is 9.78 Å². The number of hydrogen-bond donors (Lipinski definition) is 1. The molecule has 1 aliphatic carbocycles. The molecular weight excluding hydrogens is 359 g/mol. The second kappa shape index (κ2) is 6.79. The Bertz CT molecular complexity index is 812. The number of anilines is 1. The largest absolute Gasteiger partial charge is 0.433 e. The minimum absolute atomic E-state index is 0.112. The van der Waals surface area contributed by atoms with Crippen LogP contribution in [0.4, 0.5) is 19.0 Å². The van der Waals surface area contributed by atoms with Gasteiger partial charge in [-0.05, 0) is 37.1 Å². The molecule has 0 radical (unpaired) electrons. The Morgan fingerprint density at radius 1 is 1.15 bits per heavy atom. The van der Waals surface area contributed by atoms with Crippen molar-refractivity contribution < 1.29 is 18.0 Å². The van der Waals surface area contributed by atoms with E-state index in [2.05, 4.69) is 25.4 Å². The highest BCUT2D eigenvalue weighted by molar-refractivity contribution is 5.93. The fraction of sp³-hybridized carbons (Fsp3) is 0.444. The molecule has 27 heavy (non-hydrogen) atoms. The van der Waals surface area contributed by atoms with E-state index < -0.39 is 17.8 Å². The van der Waals surface area contributed by atoms with Gasteiger partial charge in [-0.1, -0.05) is 0 Å². The van der Waals surface area contributed by atoms with Crippen molar-refractivity contribution in [2.45, 2.75) is 24.9 Å². The van der Waals surface area contributed by atoms with Crippen molar-refractivity contribution in [1.29, 1.82) is 0 Å². The number of rotatable bonds is 5. The Hall–Kier alpha value is -2.71. The predicted octanol–water partition coefficient (Wildman–Crippen LogP) is 2.63. The van der Waals surface area contributed by atoms with Crippen molar-refractivity contribution in [2.24, 2.45) is 5.92 Å². The Balaban J connectivity index is 1.23. The first-order valence-corrected chi connectivity index (χ1v) is 8.80. The second-order valence-electron chi connectivity index (χ2n) is 7.00. The van der Waals surface area contributed by atoms with E-state index in [1.807, 2.05) is 12.1 Å². The minimum Gasteiger partial charge on any atom is -0.354 e. The van der Waals surface area contributed by atoms with Crippen molar-refractivity contribution in [2.75, 3.05) is 24.5 Å². The van der Waals surface area contributed by atoms with Crippen LogP contribution in [0.1, 0.15) is 40.5 Å². The fourth-order valence-corrected chi connectivity index (χ4v) is 3.02. The molecule has 2 aromatic rings. The van der Waals surface area contributed by atoms with Crippen LogP contribution in [-0.4, -0.2) is 40.7 Å². The summed E-state index contributed by atoms with van der Waals surface area (Å²) >= 11 is 0. The monoisotopic (exact) mass is 377 g/mol. The third kappa shape index (κ3) is 4.01. The Morgan fingerprint density at radius 2 is 1.93 bits per heavy atom. The van der Waals surface area contributed by atoms with Gasteiger partial charge >= 0.3 is 6.18 Å². The average molecular weight is 377 g/mol. The predicted molar refractivity (Wildman–Crippen MR) is 91.3 cm³/mol. The van der Waals surface area contributed by atoms with Gasteiger partial charge in [-0.2, -0.15) is 18.3 Å². The summed E-state index contributed by atoms with van der Waals surface area (Å²) in [5, 5.41) is 11.3. The number of carbonyl (C=O) groups is 1. The topological polar surface area (TPSA) is 71.0 Å². The van der Waals surface area contributed by atoms with Gasteiger partial charge < -0.3 is 10.2 Å². The number of alkyl halides is 3. The molecule has 142 valence electrons. The quantitative estimate of drug-likeness (QED) is 0.867. The summed E-state index contributed by atoms with van der Waals surface area (Å²) in [6.07, 6.45) is -1.19. The van der Waals surface area contributed by atoms with Crippen LogP contribution in [0, 0.1) is 5.92 Å². The summed E-state index contributed by atoms with van der Waals surface area (Å²) in [7, 11) is 0. The molecule has 1 saturated heterocycles. The number of nitrogens with zero attached hydrogens (tertiary/aromatic N) is 4. The lowest BCUT2D eigenvalue weighted by atomic mass is 10.00. The van der Waals surface area contributed by atoms with Gasteiger partial charge in [0.1, 0.15) is 5.69 Å². The molecule has 6 nitrogen and oxygen atoms in total. The zero-order valence-corrected chi connectivity index (χ0v) is 14.4. The zero-order valence-electron chi connectivity index (χ0n) is 14.4. The number of carbonyl (C=O) groups excluding carboxylic acids is 1. The SMILES string of the molecule is O=C(NCC1CN(c2ccc(C3CC3)nn2)C1)c1ccc(C(F)(F)F)nc1. The van der Waals surface area contributed by atoms with Gasteiger partial charge in [0.25, 0.3) is 5.91 Å². The lowest BCUT2D eigenvalue weighted by Gasteiger charge is -2.39. The summed E-state index contributed by atoms with van der Waals surface area (Å²) < 4.78 is 37.5. The van der Waals surface area contributed by atoms with Crippen molar-refractivity contribution in [3.63, 3.8) is 0 Å². The lowest BCUT2D eigenvalue weighted by Crippen LogP contribution is -2.52. The molecule has 2 fully saturated rings. The van der Waals surface area contributed by atoms with Gasteiger partial charge in [0, 0.05) is 37.7 Å². The number of aromatic nitrogens is 3. The van der Waals surface area contributed by atoms with Crippen LogP contribution in [0.3, 0.4) is 0 Å². The van der Waals surface area contributed by atoms with Crippen molar-refractivity contribution >= 4 is 11.7 Å². The van der Waals surface area contributed by atoms with E-state index in [4.69, 9.17) is 0 Å². The fourth-order valence-electron chi connectivity index (χ4n) is 3.02. The van der Waals surface area contributed by atoms with E-state index in [0.717, 1.165) is 42.9 Å². The van der Waals surface area contributed by atoms with E-state index in [1.165, 1.54) is 12.8 Å². The molecule has 2 aromatic heterocycles. The number of pyridine rings is 1. The summed E-state index contributed by atoms with van der Waals surface area (Å²) in [5.74, 6) is 1.24. The standard InChI is InChI=1S/C18H18F3N5O/c19-18(20,21)15-5-3-13(8-22-15)17(27)23-7-11-9-26(10-11)16-6-4-14(24-25-16)12-1-2-12/h3-6,8,11-12H,1-2,7,9-10H2,(H,23,27). The third-order valence-electron chi connectivity index (χ3n) is 4.82. The molecule has 0 unspecified atom stereocenters. The van der Waals surface area contributed by atoms with Crippen molar-refractivity contribution in [3.05, 3.63) is 47.4 Å². The number of halogens is 3. The molecule has 2 aliphatic rings. The molecule has 0 atom stereocenters. The zero-order chi connectivity index (χ0) is 19.0. The maximum absolute atomic E-state index is 12.5. The van der Waals surface area contributed by atoms with Gasteiger partial charge in [-0.25, -0.2) is 0 Å². The first-order chi connectivity index (χ1) is 12.9. The van der Waals surface area contributed by atoms with E-state index in [9.17, 15) is 18.0 Å². The first-order valence-electron chi connectivity index (χ1n) is 8.80. The highest BCUT2D eigenvalue weighted by atomic mass is 19.4. The maximum atomic E-state index is 12.5. The third-order valence-corrected chi connectivity index (χ3v) is 4.82. The number of amides is 1. The number of hydrogen-bond acceptors (Lipinski definition) is 5. The Labute approximate surface area is 153 Å². The summed E-state index contributed by atoms with van der Waals surface area (Å²) in [5.41, 5.74) is 0.149. The van der Waals surface area contributed by atoms with Crippen molar-refractivity contribution in [1.82, 2.24) is 20.5 Å². The van der Waals surface area contributed by atoms with Crippen LogP contribution < -0.4 is 10.2 Å². The number of nitrogens with one attached hydrogen (secondary N) is 1. The molecular formula is C18H18F3N5O. The Kier molecular flexibility index (Phi) is 4.45. The molecule has 1 saturated carbocycles. The normalized spacial score (nSPS) is 17.5. The molecule has 1 amide bonds. The minimum atomic E-state index is -4.51. The molecule has 3 heterocycles. The van der Waals surface area contributed by atoms with Gasteiger partial charge in [0.15, 0.2) is 5.82 Å². The molecule has 0 aromatic carbocycles. The lowest BCUT2D eigenvalue weighted by molar-refractivity contribution is -0.141. The molecule has 0 bridgehead atoms. The summed E-state index contributed by atoms with van der Waals surface area (Å²) in [6, 6.07) is 5.94. The van der Waals surface area contributed by atoms with Gasteiger partial charge in [-0.15, -0.1) is 5.10 Å². The van der Waals surface area contributed by atoms with Crippen molar-refractivity contribution in [3.8, 4) is 0 Å². The smallest absolute Gasteiger partial charge is 0.354 e. The average Bonchev–Trinajstić information content (AvgIpc) is 3.45. The Morgan fingerprint density at radius 3 is 2.48 bits per heavy atom. The van der Waals surface area contributed by atoms with Gasteiger partial charge in [0.05, 0.1) is 11.3 Å². The molecule has 9 heteroatoms. The van der Waals surface area contributed by atoms with Crippen LogP contribution in [0.2, 0.25) is 0 Å². The van der Waals surface area contributed by atoms with E-state index in [-0.39, 0.29) is 11.5 Å². The maximum Gasteiger partial charge on any atom is 0.433 e. The first kappa shape index (κ1) is 17.7. The van der Waals surface area contributed by atoms with Gasteiger partial charge in [0.2, 0.25) is 0 Å². The molecule has 1 N–H and O–H groups in total. The molecule has 4 rings (SSSR count). The van der Waals surface area contributed by atoms with Crippen LogP contribution in [0.15, 0.2) is 30.5 Å². The summed E-state index contributed by atoms with van der Waals surface area (Å²) in [6.45, 7) is 1.95. The van der Waals surface area contributed by atoms with Crippen LogP contribution in [0.5, 0.6) is 0 Å². The highest BCUT2D eigenvalue weighted by Gasteiger charge is 2.33. The van der Waals surface area contributed by atoms with E-state index >= 15 is 0 Å².